The first kappa shape index (κ1) is 12.6. The quantitative estimate of drug-likeness (QED) is 0.429. The Morgan fingerprint density at radius 2 is 1.69 bits per heavy atom. The van der Waals surface area contributed by atoms with Crippen LogP contribution in [0.3, 0.4) is 0 Å². The maximum Gasteiger partial charge on any atom is 1.00 e. The molecule has 0 fully saturated rings. The van der Waals surface area contributed by atoms with Crippen molar-refractivity contribution >= 4 is 13.3 Å². The van der Waals surface area contributed by atoms with Crippen LogP contribution in [0.2, 0.25) is 13.1 Å². The second-order valence-electron chi connectivity index (χ2n) is 3.59. The molecular weight excluding hydrogens is 167 g/mol. The number of benzene rings is 1. The van der Waals surface area contributed by atoms with E-state index >= 15 is 0 Å². The van der Waals surface area contributed by atoms with Crippen molar-refractivity contribution in [2.24, 2.45) is 0 Å². The van der Waals surface area contributed by atoms with E-state index in [0.29, 0.717) is 0 Å². The summed E-state index contributed by atoms with van der Waals surface area (Å²) < 4.78 is 0. The predicted molar refractivity (Wildman–Crippen MR) is 58.1 cm³/mol. The van der Waals surface area contributed by atoms with Gasteiger partial charge >= 0.3 is 18.9 Å². The Balaban J connectivity index is 0.00000144. The largest absolute Gasteiger partial charge is 1.00 e. The molecule has 64 valence electrons. The van der Waals surface area contributed by atoms with E-state index in [4.69, 9.17) is 0 Å². The topological polar surface area (TPSA) is 0 Å². The fourth-order valence-corrected chi connectivity index (χ4v) is 2.49. The van der Waals surface area contributed by atoms with E-state index in [9.17, 15) is 0 Å². The fourth-order valence-electron chi connectivity index (χ4n) is 1.06. The van der Waals surface area contributed by atoms with Gasteiger partial charge < -0.3 is 0 Å². The maximum atomic E-state index is 3.95. The van der Waals surface area contributed by atoms with Crippen LogP contribution < -0.4 is 24.0 Å². The normalized spacial score (nSPS) is 10.3. The minimum Gasteiger partial charge on any atom is -0.245 e. The molecule has 0 amide bonds. The molecule has 0 nitrogen and oxygen atoms in total. The second kappa shape index (κ2) is 4.76. The van der Waals surface area contributed by atoms with Crippen LogP contribution in [-0.4, -0.2) is 8.07 Å². The standard InChI is InChI=1S/C11H15Si.Li/c1-10(2)12(3,4)11-8-6-5-7-9-11;/h5-9H,1-2H2,3-4H3;/q-1;+1. The molecule has 0 unspecified atom stereocenters. The van der Waals surface area contributed by atoms with Gasteiger partial charge in [-0.2, -0.15) is 0 Å². The fraction of sp³-hybridized carbons (Fsp3) is 0.182. The van der Waals surface area contributed by atoms with Crippen molar-refractivity contribution in [2.75, 3.05) is 0 Å². The van der Waals surface area contributed by atoms with E-state index < -0.39 is 8.07 Å². The van der Waals surface area contributed by atoms with Crippen molar-refractivity contribution in [3.05, 3.63) is 49.0 Å². The molecule has 0 radical (unpaired) electrons. The minimum atomic E-state index is -1.46. The first-order valence-corrected chi connectivity index (χ1v) is 7.12. The summed E-state index contributed by atoms with van der Waals surface area (Å²) in [6.07, 6.45) is 0. The van der Waals surface area contributed by atoms with Crippen LogP contribution >= 0.6 is 0 Å². The molecule has 0 aliphatic rings. The molecule has 0 aromatic heterocycles. The first-order valence-electron chi connectivity index (χ1n) is 4.12. The van der Waals surface area contributed by atoms with Gasteiger partial charge in [-0.3, -0.25) is 0 Å². The molecule has 0 saturated carbocycles. The van der Waals surface area contributed by atoms with Gasteiger partial charge in [-0.15, -0.1) is 0 Å². The Kier molecular flexibility index (Phi) is 4.63. The van der Waals surface area contributed by atoms with E-state index in [1.54, 1.807) is 0 Å². The Bertz CT molecular complexity index is 277. The zero-order chi connectivity index (χ0) is 9.19. The first-order chi connectivity index (χ1) is 5.55. The average molecular weight is 182 g/mol. The number of allylic oxidation sites excluding steroid dienone is 1. The zero-order valence-electron chi connectivity index (χ0n) is 8.80. The average Bonchev–Trinajstić information content (AvgIpc) is 2.06. The number of rotatable bonds is 2. The molecule has 0 aliphatic heterocycles. The smallest absolute Gasteiger partial charge is 0.245 e. The van der Waals surface area contributed by atoms with Crippen LogP contribution in [0, 0.1) is 6.92 Å². The van der Waals surface area contributed by atoms with Crippen molar-refractivity contribution in [3.8, 4) is 0 Å². The van der Waals surface area contributed by atoms with Crippen molar-refractivity contribution in [1.82, 2.24) is 0 Å². The molecule has 2 heteroatoms. The van der Waals surface area contributed by atoms with Gasteiger partial charge in [-0.05, 0) is 0 Å². The zero-order valence-corrected chi connectivity index (χ0v) is 9.80. The maximum absolute atomic E-state index is 3.95. The van der Waals surface area contributed by atoms with E-state index in [-0.39, 0.29) is 18.9 Å². The summed E-state index contributed by atoms with van der Waals surface area (Å²) in [4.78, 5) is 0. The third-order valence-electron chi connectivity index (χ3n) is 2.38. The summed E-state index contributed by atoms with van der Waals surface area (Å²) in [5.74, 6) is 0. The molecule has 0 N–H and O–H groups in total. The summed E-state index contributed by atoms with van der Waals surface area (Å²) in [6.45, 7) is 12.5. The summed E-state index contributed by atoms with van der Waals surface area (Å²) in [5.41, 5.74) is 0. The molecule has 0 bridgehead atoms. The molecule has 1 aromatic rings. The molecule has 13 heavy (non-hydrogen) atoms. The molecule has 1 rings (SSSR count). The van der Waals surface area contributed by atoms with Gasteiger partial charge in [0.2, 0.25) is 0 Å². The van der Waals surface area contributed by atoms with Gasteiger partial charge in [0.1, 0.15) is 0 Å². The molecular formula is C11H15LiSi. The summed E-state index contributed by atoms with van der Waals surface area (Å²) in [7, 11) is -1.46. The van der Waals surface area contributed by atoms with Gasteiger partial charge in [-0.1, -0.05) is 48.6 Å². The summed E-state index contributed by atoms with van der Waals surface area (Å²) in [6, 6.07) is 10.5. The van der Waals surface area contributed by atoms with Crippen LogP contribution in [0.15, 0.2) is 42.1 Å². The van der Waals surface area contributed by atoms with Gasteiger partial charge in [0.25, 0.3) is 0 Å². The van der Waals surface area contributed by atoms with Crippen LogP contribution in [0.25, 0.3) is 0 Å². The van der Waals surface area contributed by atoms with Crippen LogP contribution in [0.1, 0.15) is 0 Å². The van der Waals surface area contributed by atoms with Gasteiger partial charge in [0.05, 0.1) is 8.07 Å². The van der Waals surface area contributed by atoms with E-state index in [2.05, 4.69) is 50.9 Å². The van der Waals surface area contributed by atoms with Crippen LogP contribution in [0.4, 0.5) is 0 Å². The van der Waals surface area contributed by atoms with E-state index in [0.717, 1.165) is 5.20 Å². The second-order valence-corrected chi connectivity index (χ2v) is 8.13. The summed E-state index contributed by atoms with van der Waals surface area (Å²) >= 11 is 0. The Labute approximate surface area is 94.2 Å². The Morgan fingerprint density at radius 1 is 1.23 bits per heavy atom. The number of hydrogen-bond donors (Lipinski definition) is 0. The third-order valence-corrected chi connectivity index (χ3v) is 5.92. The van der Waals surface area contributed by atoms with Gasteiger partial charge in [-0.25, -0.2) is 18.7 Å². The Morgan fingerprint density at radius 3 is 2.08 bits per heavy atom. The SMILES string of the molecule is C=C([CH2-])[Si](C)(C)c1ccccc1.[Li+]. The van der Waals surface area contributed by atoms with E-state index in [1.165, 1.54) is 5.19 Å². The van der Waals surface area contributed by atoms with Gasteiger partial charge in [0, 0.05) is 0 Å². The molecule has 0 heterocycles. The van der Waals surface area contributed by atoms with Gasteiger partial charge in [0.15, 0.2) is 0 Å². The molecule has 0 atom stereocenters. The van der Waals surface area contributed by atoms with Crippen molar-refractivity contribution in [3.63, 3.8) is 0 Å². The molecule has 0 saturated heterocycles. The minimum absolute atomic E-state index is 0. The summed E-state index contributed by atoms with van der Waals surface area (Å²) in [5, 5.41) is 2.50. The third kappa shape index (κ3) is 2.81. The van der Waals surface area contributed by atoms with Crippen molar-refractivity contribution in [1.29, 1.82) is 0 Å². The number of hydrogen-bond acceptors (Lipinski definition) is 0. The monoisotopic (exact) mass is 182 g/mol. The van der Waals surface area contributed by atoms with Crippen molar-refractivity contribution in [2.45, 2.75) is 13.1 Å². The predicted octanol–water partition coefficient (Wildman–Crippen LogP) is -0.465. The van der Waals surface area contributed by atoms with Crippen molar-refractivity contribution < 1.29 is 18.9 Å². The molecule has 1 aromatic carbocycles. The Hall–Kier alpha value is -0.356. The molecule has 0 spiro atoms. The molecule has 0 aliphatic carbocycles. The van der Waals surface area contributed by atoms with Crippen LogP contribution in [-0.2, 0) is 0 Å². The van der Waals surface area contributed by atoms with Crippen LogP contribution in [0.5, 0.6) is 0 Å². The van der Waals surface area contributed by atoms with E-state index in [1.807, 2.05) is 6.07 Å².